The van der Waals surface area contributed by atoms with E-state index in [1.54, 1.807) is 0 Å². The van der Waals surface area contributed by atoms with E-state index in [9.17, 15) is 0 Å². The Labute approximate surface area is 126 Å². The van der Waals surface area contributed by atoms with Crippen molar-refractivity contribution < 1.29 is 9.47 Å². The molecule has 2 fully saturated rings. The van der Waals surface area contributed by atoms with E-state index >= 15 is 0 Å². The molecule has 1 spiro atoms. The summed E-state index contributed by atoms with van der Waals surface area (Å²) in [7, 11) is 0. The van der Waals surface area contributed by atoms with Crippen molar-refractivity contribution >= 4 is 0 Å². The predicted molar refractivity (Wildman–Crippen MR) is 82.2 cm³/mol. The monoisotopic (exact) mass is 287 g/mol. The first-order valence-electron chi connectivity index (χ1n) is 8.27. The zero-order valence-corrected chi connectivity index (χ0v) is 12.6. The summed E-state index contributed by atoms with van der Waals surface area (Å²) in [4.78, 5) is 0. The second-order valence-electron chi connectivity index (χ2n) is 7.20. The van der Waals surface area contributed by atoms with E-state index in [1.807, 2.05) is 0 Å². The molecule has 1 aliphatic carbocycles. The maximum atomic E-state index is 6.90. The fourth-order valence-electron chi connectivity index (χ4n) is 4.51. The molecule has 0 amide bonds. The van der Waals surface area contributed by atoms with Crippen molar-refractivity contribution in [3.05, 3.63) is 35.4 Å². The minimum absolute atomic E-state index is 0.0355. The first-order valence-corrected chi connectivity index (χ1v) is 8.27. The van der Waals surface area contributed by atoms with Crippen LogP contribution >= 0.6 is 0 Å². The molecule has 0 bridgehead atoms. The number of benzene rings is 1. The number of ether oxygens (including phenoxy) is 2. The summed E-state index contributed by atoms with van der Waals surface area (Å²) in [5.74, 6) is 0.557. The van der Waals surface area contributed by atoms with E-state index in [0.29, 0.717) is 5.92 Å². The highest BCUT2D eigenvalue weighted by atomic mass is 16.6. The van der Waals surface area contributed by atoms with Gasteiger partial charge in [-0.15, -0.1) is 0 Å². The Morgan fingerprint density at radius 1 is 1.10 bits per heavy atom. The van der Waals surface area contributed by atoms with Crippen LogP contribution in [0.4, 0.5) is 0 Å². The second-order valence-corrected chi connectivity index (χ2v) is 7.20. The Hall–Kier alpha value is -0.900. The van der Waals surface area contributed by atoms with Gasteiger partial charge in [0.05, 0.1) is 12.2 Å². The number of rotatable bonds is 1. The molecule has 3 atom stereocenters. The number of fused-ring (bicyclic) bond motifs is 1. The van der Waals surface area contributed by atoms with Crippen LogP contribution in [0.25, 0.3) is 0 Å². The molecule has 2 heterocycles. The molecule has 3 nitrogen and oxygen atoms in total. The van der Waals surface area contributed by atoms with Gasteiger partial charge in [-0.2, -0.15) is 0 Å². The van der Waals surface area contributed by atoms with Gasteiger partial charge in [0.25, 0.3) is 0 Å². The van der Waals surface area contributed by atoms with Crippen LogP contribution in [0.5, 0.6) is 0 Å². The molecule has 3 heteroatoms. The summed E-state index contributed by atoms with van der Waals surface area (Å²) in [5.41, 5.74) is 9.75. The van der Waals surface area contributed by atoms with Crippen molar-refractivity contribution in [1.29, 1.82) is 0 Å². The third-order valence-corrected chi connectivity index (χ3v) is 5.87. The largest absolute Gasteiger partial charge is 0.378 e. The number of hydrogen-bond donors (Lipinski definition) is 1. The summed E-state index contributed by atoms with van der Waals surface area (Å²) in [6.07, 6.45) is 6.45. The first kappa shape index (κ1) is 13.7. The van der Waals surface area contributed by atoms with Gasteiger partial charge in [0.1, 0.15) is 0 Å². The molecule has 3 aliphatic rings. The van der Waals surface area contributed by atoms with Gasteiger partial charge in [0.2, 0.25) is 0 Å². The quantitative estimate of drug-likeness (QED) is 0.863. The Morgan fingerprint density at radius 3 is 2.76 bits per heavy atom. The molecule has 2 saturated heterocycles. The lowest BCUT2D eigenvalue weighted by Crippen LogP contribution is -2.56. The Morgan fingerprint density at radius 2 is 1.95 bits per heavy atom. The summed E-state index contributed by atoms with van der Waals surface area (Å²) < 4.78 is 11.7. The highest BCUT2D eigenvalue weighted by Gasteiger charge is 2.47. The molecule has 2 N–H and O–H groups in total. The van der Waals surface area contributed by atoms with Crippen molar-refractivity contribution in [3.8, 4) is 0 Å². The molecule has 3 unspecified atom stereocenters. The van der Waals surface area contributed by atoms with E-state index in [0.717, 1.165) is 58.3 Å². The van der Waals surface area contributed by atoms with Gasteiger partial charge in [0.15, 0.2) is 0 Å². The van der Waals surface area contributed by atoms with Crippen LogP contribution in [0, 0.1) is 5.92 Å². The van der Waals surface area contributed by atoms with Crippen molar-refractivity contribution in [1.82, 2.24) is 0 Å². The van der Waals surface area contributed by atoms with Gasteiger partial charge in [-0.05, 0) is 49.1 Å². The SMILES string of the molecule is NC1(C2CCOC3(CCOC3)C2)CCc2ccccc2C1. The van der Waals surface area contributed by atoms with Crippen molar-refractivity contribution in [2.75, 3.05) is 19.8 Å². The van der Waals surface area contributed by atoms with E-state index < -0.39 is 0 Å². The summed E-state index contributed by atoms with van der Waals surface area (Å²) >= 11 is 0. The molecule has 2 aliphatic heterocycles. The molecule has 21 heavy (non-hydrogen) atoms. The summed E-state index contributed by atoms with van der Waals surface area (Å²) in [6, 6.07) is 8.79. The van der Waals surface area contributed by atoms with Crippen LogP contribution in [0.15, 0.2) is 24.3 Å². The van der Waals surface area contributed by atoms with Gasteiger partial charge >= 0.3 is 0 Å². The molecule has 0 radical (unpaired) electrons. The average molecular weight is 287 g/mol. The highest BCUT2D eigenvalue weighted by Crippen LogP contribution is 2.43. The minimum atomic E-state index is -0.0618. The fraction of sp³-hybridized carbons (Fsp3) is 0.667. The van der Waals surface area contributed by atoms with Crippen molar-refractivity contribution in [2.45, 2.75) is 49.7 Å². The maximum Gasteiger partial charge on any atom is 0.0940 e. The highest BCUT2D eigenvalue weighted by molar-refractivity contribution is 5.32. The zero-order valence-electron chi connectivity index (χ0n) is 12.6. The normalized spacial score (nSPS) is 39.4. The van der Waals surface area contributed by atoms with Crippen LogP contribution in [0.3, 0.4) is 0 Å². The molecule has 114 valence electrons. The van der Waals surface area contributed by atoms with Crippen molar-refractivity contribution in [2.24, 2.45) is 11.7 Å². The minimum Gasteiger partial charge on any atom is -0.378 e. The van der Waals surface area contributed by atoms with Crippen LogP contribution in [0.2, 0.25) is 0 Å². The summed E-state index contributed by atoms with van der Waals surface area (Å²) in [6.45, 7) is 2.44. The summed E-state index contributed by atoms with van der Waals surface area (Å²) in [5, 5.41) is 0. The third-order valence-electron chi connectivity index (χ3n) is 5.87. The molecular weight excluding hydrogens is 262 g/mol. The Balaban J connectivity index is 1.55. The van der Waals surface area contributed by atoms with Crippen LogP contribution in [-0.4, -0.2) is 31.0 Å². The van der Waals surface area contributed by atoms with E-state index in [1.165, 1.54) is 11.1 Å². The fourth-order valence-corrected chi connectivity index (χ4v) is 4.51. The first-order chi connectivity index (χ1) is 10.2. The van der Waals surface area contributed by atoms with Gasteiger partial charge in [-0.25, -0.2) is 0 Å². The third kappa shape index (κ3) is 2.41. The van der Waals surface area contributed by atoms with Crippen LogP contribution in [-0.2, 0) is 22.3 Å². The molecular formula is C18H25NO2. The van der Waals surface area contributed by atoms with E-state index in [-0.39, 0.29) is 11.1 Å². The number of nitrogens with two attached hydrogens (primary N) is 1. The molecule has 1 aromatic rings. The van der Waals surface area contributed by atoms with Gasteiger partial charge < -0.3 is 15.2 Å². The lowest BCUT2D eigenvalue weighted by molar-refractivity contribution is -0.110. The van der Waals surface area contributed by atoms with Gasteiger partial charge in [-0.3, -0.25) is 0 Å². The topological polar surface area (TPSA) is 44.5 Å². The molecule has 4 rings (SSSR count). The lowest BCUT2D eigenvalue weighted by Gasteiger charge is -2.47. The molecule has 1 aromatic carbocycles. The Kier molecular flexibility index (Phi) is 3.32. The van der Waals surface area contributed by atoms with Gasteiger partial charge in [0, 0.05) is 25.2 Å². The van der Waals surface area contributed by atoms with E-state index in [4.69, 9.17) is 15.2 Å². The predicted octanol–water partition coefficient (Wildman–Crippen LogP) is 2.46. The molecule has 0 aromatic heterocycles. The number of hydrogen-bond acceptors (Lipinski definition) is 3. The smallest absolute Gasteiger partial charge is 0.0940 e. The Bertz CT molecular complexity index is 524. The van der Waals surface area contributed by atoms with Crippen LogP contribution in [0.1, 0.15) is 36.8 Å². The zero-order chi connectivity index (χ0) is 14.3. The van der Waals surface area contributed by atoms with E-state index in [2.05, 4.69) is 24.3 Å². The standard InChI is InChI=1S/C18H25NO2/c19-18(7-5-14-3-1-2-4-15(14)11-18)16-6-9-21-17(12-16)8-10-20-13-17/h1-4,16H,5-13,19H2. The number of aryl methyl sites for hydroxylation is 1. The maximum absolute atomic E-state index is 6.90. The molecule has 0 saturated carbocycles. The van der Waals surface area contributed by atoms with Crippen molar-refractivity contribution in [3.63, 3.8) is 0 Å². The van der Waals surface area contributed by atoms with Gasteiger partial charge in [-0.1, -0.05) is 24.3 Å². The lowest BCUT2D eigenvalue weighted by atomic mass is 9.66. The second kappa shape index (κ2) is 5.08. The average Bonchev–Trinajstić information content (AvgIpc) is 2.95. The van der Waals surface area contributed by atoms with Crippen LogP contribution < -0.4 is 5.73 Å².